The fourth-order valence-electron chi connectivity index (χ4n) is 2.84. The number of carboxylic acid groups (broad SMARTS) is 2. The summed E-state index contributed by atoms with van der Waals surface area (Å²) in [5.74, 6) is -0.836. The van der Waals surface area contributed by atoms with Crippen LogP contribution in [0.25, 0.3) is 0 Å². The monoisotopic (exact) mass is 364 g/mol. The van der Waals surface area contributed by atoms with Gasteiger partial charge in [0.05, 0.1) is 0 Å². The van der Waals surface area contributed by atoms with Gasteiger partial charge in [-0.3, -0.25) is 0 Å². The summed E-state index contributed by atoms with van der Waals surface area (Å²) in [7, 11) is 0. The first kappa shape index (κ1) is 26.9. The maximum Gasteiger partial charge on any atom is 1.00 e. The average Bonchev–Trinajstić information content (AvgIpc) is 2.46. The molecule has 0 amide bonds. The Labute approximate surface area is 177 Å². The molecule has 0 atom stereocenters. The molecule has 0 heterocycles. The van der Waals surface area contributed by atoms with Gasteiger partial charge in [0.2, 0.25) is 0 Å². The molecule has 0 aliphatic heterocycles. The number of unbranched alkanes of at least 4 members (excludes halogenated alkanes) is 4. The fraction of sp³-hybridized carbons (Fsp3) is 0.800. The van der Waals surface area contributed by atoms with E-state index in [9.17, 15) is 19.8 Å². The molecule has 0 saturated carbocycles. The summed E-state index contributed by atoms with van der Waals surface area (Å²) in [5.41, 5.74) is 0.215. The molecule has 0 unspecified atom stereocenters. The molecule has 0 spiro atoms. The second-order valence-corrected chi connectivity index (χ2v) is 7.55. The van der Waals surface area contributed by atoms with E-state index in [1.54, 1.807) is 0 Å². The van der Waals surface area contributed by atoms with Gasteiger partial charge in [0.1, 0.15) is 0 Å². The van der Waals surface area contributed by atoms with Crippen LogP contribution in [-0.4, -0.2) is 22.2 Å². The van der Waals surface area contributed by atoms with Crippen molar-refractivity contribution in [1.82, 2.24) is 0 Å². The van der Waals surface area contributed by atoms with E-state index < -0.39 is 11.9 Å². The fourth-order valence-corrected chi connectivity index (χ4v) is 2.84. The van der Waals surface area contributed by atoms with E-state index in [0.717, 1.165) is 51.4 Å². The van der Waals surface area contributed by atoms with Crippen molar-refractivity contribution in [3.05, 3.63) is 11.1 Å². The summed E-state index contributed by atoms with van der Waals surface area (Å²) >= 11 is 0. The Morgan fingerprint density at radius 3 is 1.24 bits per heavy atom. The van der Waals surface area contributed by atoms with Crippen LogP contribution in [0.5, 0.6) is 0 Å². The van der Waals surface area contributed by atoms with Crippen LogP contribution in [0, 0.1) is 11.8 Å². The Morgan fingerprint density at radius 1 is 0.680 bits per heavy atom. The van der Waals surface area contributed by atoms with E-state index in [-0.39, 0.29) is 42.1 Å². The van der Waals surface area contributed by atoms with Gasteiger partial charge >= 0.3 is 41.5 Å². The molecule has 142 valence electrons. The Morgan fingerprint density at radius 2 is 1.00 bits per heavy atom. The van der Waals surface area contributed by atoms with Gasteiger partial charge in [-0.15, -0.1) is 0 Å². The molecule has 0 rings (SSSR count). The summed E-state index contributed by atoms with van der Waals surface area (Å²) in [6, 6.07) is 0. The minimum absolute atomic E-state index is 0. The molecule has 5 heteroatoms. The second-order valence-electron chi connectivity index (χ2n) is 7.55. The molecule has 2 N–H and O–H groups in total. The SMILES string of the molecule is CC(C)CCCCC/C(C(=O)O)=C(\CCCCCC(C)C)C(=O)O.[H-].[Na+]. The van der Waals surface area contributed by atoms with Crippen molar-refractivity contribution in [2.45, 2.75) is 91.9 Å². The van der Waals surface area contributed by atoms with Gasteiger partial charge in [-0.2, -0.15) is 0 Å². The largest absolute Gasteiger partial charge is 1.00 e. The van der Waals surface area contributed by atoms with Gasteiger partial charge in [0.15, 0.2) is 0 Å². The zero-order valence-electron chi connectivity index (χ0n) is 17.9. The van der Waals surface area contributed by atoms with E-state index in [2.05, 4.69) is 27.7 Å². The normalized spacial score (nSPS) is 12.1. The molecule has 0 aromatic heterocycles. The first-order valence-electron chi connectivity index (χ1n) is 9.44. The van der Waals surface area contributed by atoms with Gasteiger partial charge in [-0.25, -0.2) is 9.59 Å². The molecule has 4 nitrogen and oxygen atoms in total. The smallest absolute Gasteiger partial charge is 1.00 e. The van der Waals surface area contributed by atoms with Crippen LogP contribution in [0.1, 0.15) is 93.3 Å². The third kappa shape index (κ3) is 14.5. The van der Waals surface area contributed by atoms with Crippen LogP contribution in [0.3, 0.4) is 0 Å². The Bertz CT molecular complexity index is 382. The topological polar surface area (TPSA) is 74.6 Å². The minimum Gasteiger partial charge on any atom is -1.00 e. The van der Waals surface area contributed by atoms with Gasteiger partial charge in [0, 0.05) is 11.1 Å². The standard InChI is InChI=1S/C20H36O4.Na.H/c1-15(2)11-7-5-9-13-17(19(21)22)18(20(23)24)14-10-6-8-12-16(3)4;;/h15-16H,5-14H2,1-4H3,(H,21,22)(H,23,24);;/q;+1;-1/b18-17-;;. The quantitative estimate of drug-likeness (QED) is 0.282. The zero-order valence-corrected chi connectivity index (χ0v) is 18.9. The molecular formula is C20H37NaO4. The zero-order chi connectivity index (χ0) is 18.5. The maximum atomic E-state index is 11.5. The predicted molar refractivity (Wildman–Crippen MR) is 99.3 cm³/mol. The van der Waals surface area contributed by atoms with E-state index >= 15 is 0 Å². The van der Waals surface area contributed by atoms with E-state index in [4.69, 9.17) is 0 Å². The van der Waals surface area contributed by atoms with E-state index in [1.807, 2.05) is 0 Å². The number of aliphatic carboxylic acids is 2. The van der Waals surface area contributed by atoms with Gasteiger partial charge in [-0.05, 0) is 37.5 Å². The first-order chi connectivity index (χ1) is 11.3. The molecule has 0 radical (unpaired) electrons. The second kappa shape index (κ2) is 15.9. The van der Waals surface area contributed by atoms with Crippen molar-refractivity contribution in [1.29, 1.82) is 0 Å². The Kier molecular flexibility index (Phi) is 17.1. The molecule has 0 saturated heterocycles. The third-order valence-electron chi connectivity index (χ3n) is 4.30. The molecule has 0 fully saturated rings. The van der Waals surface area contributed by atoms with Crippen LogP contribution in [-0.2, 0) is 9.59 Å². The van der Waals surface area contributed by atoms with Crippen molar-refractivity contribution in [2.75, 3.05) is 0 Å². The van der Waals surface area contributed by atoms with Gasteiger partial charge < -0.3 is 11.6 Å². The number of hydrogen-bond acceptors (Lipinski definition) is 2. The summed E-state index contributed by atoms with van der Waals surface area (Å²) in [4.78, 5) is 22.9. The molecular weight excluding hydrogens is 327 g/mol. The van der Waals surface area contributed by atoms with Crippen LogP contribution >= 0.6 is 0 Å². The van der Waals surface area contributed by atoms with Crippen molar-refractivity contribution in [2.24, 2.45) is 11.8 Å². The number of carboxylic acids is 2. The van der Waals surface area contributed by atoms with E-state index in [1.165, 1.54) is 0 Å². The van der Waals surface area contributed by atoms with Gasteiger partial charge in [0.25, 0.3) is 0 Å². The van der Waals surface area contributed by atoms with Crippen LogP contribution in [0.2, 0.25) is 0 Å². The van der Waals surface area contributed by atoms with Crippen molar-refractivity contribution >= 4 is 11.9 Å². The molecule has 0 aliphatic carbocycles. The average molecular weight is 365 g/mol. The van der Waals surface area contributed by atoms with E-state index in [0.29, 0.717) is 24.7 Å². The summed E-state index contributed by atoms with van der Waals surface area (Å²) in [6.45, 7) is 8.68. The van der Waals surface area contributed by atoms with Crippen LogP contribution < -0.4 is 29.6 Å². The molecule has 0 aromatic carbocycles. The number of hydrogen-bond donors (Lipinski definition) is 2. The summed E-state index contributed by atoms with van der Waals surface area (Å²) in [6.07, 6.45) is 8.54. The third-order valence-corrected chi connectivity index (χ3v) is 4.30. The predicted octanol–water partition coefficient (Wildman–Crippen LogP) is 2.78. The number of rotatable bonds is 14. The van der Waals surface area contributed by atoms with Crippen molar-refractivity contribution < 1.29 is 50.8 Å². The summed E-state index contributed by atoms with van der Waals surface area (Å²) in [5, 5.41) is 18.8. The van der Waals surface area contributed by atoms with Crippen LogP contribution in [0.15, 0.2) is 11.1 Å². The van der Waals surface area contributed by atoms with Gasteiger partial charge in [-0.1, -0.05) is 66.2 Å². The molecule has 0 aliphatic rings. The molecule has 0 bridgehead atoms. The van der Waals surface area contributed by atoms with Crippen LogP contribution in [0.4, 0.5) is 0 Å². The number of carbonyl (C=O) groups is 2. The Balaban J connectivity index is -0.00000264. The first-order valence-corrected chi connectivity index (χ1v) is 9.44. The Hall–Kier alpha value is -0.320. The minimum atomic E-state index is -1.07. The summed E-state index contributed by atoms with van der Waals surface area (Å²) < 4.78 is 0. The molecule has 25 heavy (non-hydrogen) atoms. The van der Waals surface area contributed by atoms with Crippen molar-refractivity contribution in [3.8, 4) is 0 Å². The van der Waals surface area contributed by atoms with Crippen molar-refractivity contribution in [3.63, 3.8) is 0 Å². The molecule has 0 aromatic rings. The maximum absolute atomic E-state index is 11.5.